The molecule has 0 saturated heterocycles. The van der Waals surface area contributed by atoms with Crippen LogP contribution in [0.2, 0.25) is 0 Å². The molecule has 0 spiro atoms. The summed E-state index contributed by atoms with van der Waals surface area (Å²) in [6.07, 6.45) is 0.905. The van der Waals surface area contributed by atoms with Crippen molar-refractivity contribution in [3.8, 4) is 0 Å². The van der Waals surface area contributed by atoms with Gasteiger partial charge in [0.15, 0.2) is 0 Å². The molecule has 15 heavy (non-hydrogen) atoms. The van der Waals surface area contributed by atoms with Gasteiger partial charge in [-0.25, -0.2) is 18.2 Å². The average molecular weight is 232 g/mol. The van der Waals surface area contributed by atoms with Crippen molar-refractivity contribution in [3.63, 3.8) is 0 Å². The maximum atomic E-state index is 10.9. The Labute approximate surface area is 85.3 Å². The van der Waals surface area contributed by atoms with Crippen LogP contribution in [0.25, 0.3) is 0 Å². The van der Waals surface area contributed by atoms with E-state index >= 15 is 0 Å². The van der Waals surface area contributed by atoms with Crippen LogP contribution >= 0.6 is 0 Å². The molecule has 1 heterocycles. The summed E-state index contributed by atoms with van der Waals surface area (Å²) in [4.78, 5) is 13.7. The van der Waals surface area contributed by atoms with Gasteiger partial charge in [0.2, 0.25) is 9.84 Å². The minimum Gasteiger partial charge on any atom is -0.465 e. The maximum Gasteiger partial charge on any atom is 0.404 e. The van der Waals surface area contributed by atoms with Crippen LogP contribution in [0.4, 0.5) is 4.79 Å². The minimum absolute atomic E-state index is 0.0701. The van der Waals surface area contributed by atoms with Crippen molar-refractivity contribution >= 4 is 15.9 Å². The monoisotopic (exact) mass is 232 g/mol. The first-order chi connectivity index (χ1) is 6.89. The Kier molecular flexibility index (Phi) is 3.14. The van der Waals surface area contributed by atoms with Gasteiger partial charge < -0.3 is 10.4 Å². The van der Waals surface area contributed by atoms with Gasteiger partial charge in [-0.1, -0.05) is 0 Å². The van der Waals surface area contributed by atoms with Gasteiger partial charge in [-0.15, -0.1) is 10.2 Å². The van der Waals surface area contributed by atoms with Crippen LogP contribution in [0.1, 0.15) is 5.69 Å². The molecule has 0 aliphatic heterocycles. The van der Waals surface area contributed by atoms with Crippen molar-refractivity contribution in [3.05, 3.63) is 11.9 Å². The van der Waals surface area contributed by atoms with Crippen molar-refractivity contribution in [2.75, 3.05) is 6.26 Å². The molecule has 1 rings (SSSR count). The highest BCUT2D eigenvalue weighted by Crippen LogP contribution is 1.98. The zero-order valence-electron chi connectivity index (χ0n) is 7.71. The van der Waals surface area contributed by atoms with Gasteiger partial charge in [-0.3, -0.25) is 0 Å². The van der Waals surface area contributed by atoms with E-state index in [2.05, 4.69) is 15.2 Å². The number of hydrogen-bond donors (Lipinski definition) is 2. The van der Waals surface area contributed by atoms with Crippen molar-refractivity contribution in [1.29, 1.82) is 0 Å². The predicted octanol–water partition coefficient (Wildman–Crippen LogP) is -0.957. The quantitative estimate of drug-likeness (QED) is 0.688. The molecule has 9 heteroatoms. The first-order valence-electron chi connectivity index (χ1n) is 3.75. The molecule has 1 aromatic rings. The second-order valence-electron chi connectivity index (χ2n) is 2.66. The fourth-order valence-corrected chi connectivity index (χ4v) is 1.14. The summed E-state index contributed by atoms with van der Waals surface area (Å²) in [5.41, 5.74) is 0.241. The normalized spacial score (nSPS) is 11.0. The number of amides is 1. The van der Waals surface area contributed by atoms with E-state index in [-0.39, 0.29) is 17.4 Å². The second-order valence-corrected chi connectivity index (χ2v) is 4.57. The van der Waals surface area contributed by atoms with E-state index < -0.39 is 15.9 Å². The summed E-state index contributed by atoms with van der Waals surface area (Å²) in [6.45, 7) is -0.0701. The number of aromatic nitrogens is 3. The molecular formula is C6H8N4O4S. The second kappa shape index (κ2) is 4.17. The molecule has 0 aliphatic rings. The zero-order chi connectivity index (χ0) is 11.5. The van der Waals surface area contributed by atoms with Crippen LogP contribution in [-0.4, -0.2) is 41.1 Å². The number of carboxylic acid groups (broad SMARTS) is 1. The van der Waals surface area contributed by atoms with Crippen LogP contribution in [0.15, 0.2) is 11.4 Å². The van der Waals surface area contributed by atoms with Crippen LogP contribution in [0, 0.1) is 0 Å². The van der Waals surface area contributed by atoms with Gasteiger partial charge in [0.1, 0.15) is 5.69 Å². The van der Waals surface area contributed by atoms with Crippen LogP contribution in [-0.2, 0) is 16.4 Å². The third-order valence-electron chi connectivity index (χ3n) is 1.34. The van der Waals surface area contributed by atoms with Crippen molar-refractivity contribution in [1.82, 2.24) is 20.5 Å². The average Bonchev–Trinajstić information content (AvgIpc) is 2.14. The molecule has 82 valence electrons. The third-order valence-corrected chi connectivity index (χ3v) is 2.19. The lowest BCUT2D eigenvalue weighted by atomic mass is 10.5. The highest BCUT2D eigenvalue weighted by molar-refractivity contribution is 7.90. The summed E-state index contributed by atoms with van der Waals surface area (Å²) in [5, 5.41) is 16.8. The number of rotatable bonds is 3. The van der Waals surface area contributed by atoms with E-state index in [1.165, 1.54) is 0 Å². The van der Waals surface area contributed by atoms with E-state index in [9.17, 15) is 13.2 Å². The summed E-state index contributed by atoms with van der Waals surface area (Å²) in [7, 11) is -3.47. The number of hydrogen-bond acceptors (Lipinski definition) is 6. The van der Waals surface area contributed by atoms with Crippen LogP contribution in [0.3, 0.4) is 0 Å². The zero-order valence-corrected chi connectivity index (χ0v) is 8.52. The number of sulfone groups is 1. The summed E-state index contributed by atoms with van der Waals surface area (Å²) in [6, 6.07) is 0. The third kappa shape index (κ3) is 3.46. The fraction of sp³-hybridized carbons (Fsp3) is 0.333. The van der Waals surface area contributed by atoms with Crippen molar-refractivity contribution < 1.29 is 18.3 Å². The molecule has 8 nitrogen and oxygen atoms in total. The lowest BCUT2D eigenvalue weighted by molar-refractivity contribution is 0.193. The molecule has 0 aromatic carbocycles. The topological polar surface area (TPSA) is 122 Å². The Bertz CT molecular complexity index is 455. The summed E-state index contributed by atoms with van der Waals surface area (Å²) in [5.74, 6) is 0. The fourth-order valence-electron chi connectivity index (χ4n) is 0.705. The van der Waals surface area contributed by atoms with Crippen molar-refractivity contribution in [2.24, 2.45) is 0 Å². The molecule has 1 amide bonds. The first kappa shape index (κ1) is 11.3. The smallest absolute Gasteiger partial charge is 0.404 e. The van der Waals surface area contributed by atoms with Gasteiger partial charge in [0.05, 0.1) is 12.7 Å². The van der Waals surface area contributed by atoms with Crippen LogP contribution < -0.4 is 5.32 Å². The van der Waals surface area contributed by atoms with Gasteiger partial charge in [-0.2, -0.15) is 0 Å². The van der Waals surface area contributed by atoms with Gasteiger partial charge in [-0.05, 0) is 0 Å². The summed E-state index contributed by atoms with van der Waals surface area (Å²) < 4.78 is 21.9. The molecule has 0 saturated carbocycles. The van der Waals surface area contributed by atoms with E-state index in [4.69, 9.17) is 5.11 Å². The van der Waals surface area contributed by atoms with E-state index in [0.29, 0.717) is 0 Å². The highest BCUT2D eigenvalue weighted by Gasteiger charge is 2.11. The molecule has 0 unspecified atom stereocenters. The highest BCUT2D eigenvalue weighted by atomic mass is 32.2. The Morgan fingerprint density at radius 1 is 1.53 bits per heavy atom. The molecule has 0 radical (unpaired) electrons. The van der Waals surface area contributed by atoms with Crippen LogP contribution in [0.5, 0.6) is 0 Å². The standard InChI is InChI=1S/C6H8N4O4S/c1-15(13,14)5-7-2-4(9-10-5)3-8-6(11)12/h2,8H,3H2,1H3,(H,11,12). The minimum atomic E-state index is -3.47. The molecule has 0 atom stereocenters. The summed E-state index contributed by atoms with van der Waals surface area (Å²) >= 11 is 0. The Morgan fingerprint density at radius 3 is 2.60 bits per heavy atom. The molecular weight excluding hydrogens is 224 g/mol. The molecule has 0 fully saturated rings. The SMILES string of the molecule is CS(=O)(=O)c1ncc(CNC(=O)O)nn1. The number of nitrogens with one attached hydrogen (secondary N) is 1. The van der Waals surface area contributed by atoms with E-state index in [0.717, 1.165) is 12.5 Å². The number of nitrogens with zero attached hydrogens (tertiary/aromatic N) is 3. The molecule has 0 bridgehead atoms. The Morgan fingerprint density at radius 2 is 2.20 bits per heavy atom. The predicted molar refractivity (Wildman–Crippen MR) is 47.8 cm³/mol. The first-order valence-corrected chi connectivity index (χ1v) is 5.64. The van der Waals surface area contributed by atoms with E-state index in [1.54, 1.807) is 0 Å². The van der Waals surface area contributed by atoms with Crippen molar-refractivity contribution in [2.45, 2.75) is 11.7 Å². The number of carbonyl (C=O) groups is 1. The molecule has 2 N–H and O–H groups in total. The molecule has 0 aliphatic carbocycles. The largest absolute Gasteiger partial charge is 0.465 e. The maximum absolute atomic E-state index is 10.9. The van der Waals surface area contributed by atoms with E-state index in [1.807, 2.05) is 5.32 Å². The van der Waals surface area contributed by atoms with Gasteiger partial charge in [0, 0.05) is 6.26 Å². The Balaban J connectivity index is 2.77. The lowest BCUT2D eigenvalue weighted by Gasteiger charge is -1.99. The molecule has 1 aromatic heterocycles. The van der Waals surface area contributed by atoms with Gasteiger partial charge >= 0.3 is 6.09 Å². The van der Waals surface area contributed by atoms with Gasteiger partial charge in [0.25, 0.3) is 5.16 Å². The Hall–Kier alpha value is -1.77. The lowest BCUT2D eigenvalue weighted by Crippen LogP contribution is -2.21.